The average molecular weight is 326 g/mol. The lowest BCUT2D eigenvalue weighted by Crippen LogP contribution is -2.28. The predicted octanol–water partition coefficient (Wildman–Crippen LogP) is 2.19. The molecular formula is C17H30N2O4. The van der Waals surface area contributed by atoms with Gasteiger partial charge in [0, 0.05) is 18.0 Å². The molecule has 0 aliphatic carbocycles. The molecule has 0 aliphatic heterocycles. The van der Waals surface area contributed by atoms with Gasteiger partial charge < -0.3 is 30.4 Å². The molecule has 23 heavy (non-hydrogen) atoms. The van der Waals surface area contributed by atoms with E-state index in [1.807, 2.05) is 25.1 Å². The third kappa shape index (κ3) is 7.65. The van der Waals surface area contributed by atoms with Gasteiger partial charge in [-0.25, -0.2) is 0 Å². The van der Waals surface area contributed by atoms with Gasteiger partial charge in [-0.1, -0.05) is 13.8 Å². The van der Waals surface area contributed by atoms with E-state index in [-0.39, 0.29) is 12.9 Å². The maximum atomic E-state index is 8.65. The highest BCUT2D eigenvalue weighted by Gasteiger charge is 2.12. The maximum Gasteiger partial charge on any atom is 0.174 e. The Morgan fingerprint density at radius 3 is 2.61 bits per heavy atom. The van der Waals surface area contributed by atoms with Crippen LogP contribution in [0, 0.1) is 0 Å². The highest BCUT2D eigenvalue weighted by atomic mass is 16.7. The molecule has 0 aliphatic rings. The molecular weight excluding hydrogens is 296 g/mol. The molecule has 1 unspecified atom stereocenters. The Bertz CT molecular complexity index is 441. The van der Waals surface area contributed by atoms with Crippen molar-refractivity contribution in [1.82, 2.24) is 0 Å². The molecule has 0 amide bonds. The van der Waals surface area contributed by atoms with Crippen molar-refractivity contribution in [2.24, 2.45) is 0 Å². The van der Waals surface area contributed by atoms with Gasteiger partial charge in [0.2, 0.25) is 0 Å². The summed E-state index contributed by atoms with van der Waals surface area (Å²) in [5.41, 5.74) is 8.84. The number of aliphatic hydroxyl groups is 1. The first-order chi connectivity index (χ1) is 11.1. The van der Waals surface area contributed by atoms with Crippen LogP contribution in [0.15, 0.2) is 18.2 Å². The summed E-state index contributed by atoms with van der Waals surface area (Å²) in [5, 5.41) is 12.0. The van der Waals surface area contributed by atoms with E-state index >= 15 is 0 Å². The Morgan fingerprint density at radius 2 is 1.96 bits per heavy atom. The molecule has 0 aromatic heterocycles. The predicted molar refractivity (Wildman–Crippen MR) is 92.7 cm³/mol. The summed E-state index contributed by atoms with van der Waals surface area (Å²) < 4.78 is 16.4. The zero-order valence-electron chi connectivity index (χ0n) is 14.4. The minimum Gasteiger partial charge on any atom is -0.399 e. The summed E-state index contributed by atoms with van der Waals surface area (Å²) in [6, 6.07) is 5.86. The Kier molecular flexibility index (Phi) is 9.63. The summed E-state index contributed by atoms with van der Waals surface area (Å²) >= 11 is 0. The summed E-state index contributed by atoms with van der Waals surface area (Å²) in [5.74, 6) is 0.374. The number of hydrogen-bond donors (Lipinski definition) is 3. The first kappa shape index (κ1) is 19.7. The van der Waals surface area contributed by atoms with Gasteiger partial charge >= 0.3 is 0 Å². The number of nitrogens with one attached hydrogen (secondary N) is 1. The Hall–Kier alpha value is -1.34. The molecule has 0 saturated carbocycles. The standard InChI is InChI=1S/C17H30N2O4/c1-4-22-17(23-10-9-21-8-7-20)12-19-16-6-5-14(18)11-15(16)13(2)3/h5-6,11,13,17,19-20H,4,7-10,12,18H2,1-3H3. The van der Waals surface area contributed by atoms with E-state index in [0.717, 1.165) is 11.4 Å². The highest BCUT2D eigenvalue weighted by molar-refractivity contribution is 5.59. The summed E-state index contributed by atoms with van der Waals surface area (Å²) in [7, 11) is 0. The molecule has 132 valence electrons. The molecule has 0 bridgehead atoms. The van der Waals surface area contributed by atoms with E-state index in [2.05, 4.69) is 19.2 Å². The van der Waals surface area contributed by atoms with E-state index < -0.39 is 0 Å². The second-order valence-corrected chi connectivity index (χ2v) is 5.47. The number of benzene rings is 1. The van der Waals surface area contributed by atoms with Gasteiger partial charge in [0.25, 0.3) is 0 Å². The van der Waals surface area contributed by atoms with Crippen LogP contribution in [-0.2, 0) is 14.2 Å². The van der Waals surface area contributed by atoms with E-state index in [1.54, 1.807) is 0 Å². The maximum absolute atomic E-state index is 8.65. The topological polar surface area (TPSA) is 86.0 Å². The van der Waals surface area contributed by atoms with Crippen LogP contribution in [0.5, 0.6) is 0 Å². The van der Waals surface area contributed by atoms with E-state index in [4.69, 9.17) is 25.1 Å². The van der Waals surface area contributed by atoms with E-state index in [9.17, 15) is 0 Å². The van der Waals surface area contributed by atoms with Crippen LogP contribution < -0.4 is 11.1 Å². The summed E-state index contributed by atoms with van der Waals surface area (Å²) in [6.45, 7) is 8.51. The van der Waals surface area contributed by atoms with Crippen LogP contribution in [-0.4, -0.2) is 51.0 Å². The van der Waals surface area contributed by atoms with Crippen molar-refractivity contribution >= 4 is 11.4 Å². The molecule has 6 nitrogen and oxygen atoms in total. The van der Waals surface area contributed by atoms with E-state index in [0.29, 0.717) is 38.9 Å². The van der Waals surface area contributed by atoms with Crippen molar-refractivity contribution in [3.63, 3.8) is 0 Å². The van der Waals surface area contributed by atoms with Crippen molar-refractivity contribution in [3.05, 3.63) is 23.8 Å². The van der Waals surface area contributed by atoms with E-state index in [1.165, 1.54) is 5.56 Å². The number of rotatable bonds is 12. The SMILES string of the molecule is CCOC(CNc1ccc(N)cc1C(C)C)OCCOCCO. The van der Waals surface area contributed by atoms with Gasteiger partial charge in [-0.15, -0.1) is 0 Å². The number of hydrogen-bond acceptors (Lipinski definition) is 6. The molecule has 0 fully saturated rings. The average Bonchev–Trinajstić information content (AvgIpc) is 2.53. The zero-order chi connectivity index (χ0) is 17.1. The lowest BCUT2D eigenvalue weighted by Gasteiger charge is -2.21. The number of ether oxygens (including phenoxy) is 3. The molecule has 1 aromatic rings. The fourth-order valence-electron chi connectivity index (χ4n) is 2.17. The van der Waals surface area contributed by atoms with Crippen LogP contribution in [0.1, 0.15) is 32.3 Å². The van der Waals surface area contributed by atoms with Gasteiger partial charge in [-0.2, -0.15) is 0 Å². The monoisotopic (exact) mass is 326 g/mol. The molecule has 6 heteroatoms. The van der Waals surface area contributed by atoms with Gasteiger partial charge in [0.15, 0.2) is 6.29 Å². The van der Waals surface area contributed by atoms with Crippen LogP contribution in [0.3, 0.4) is 0 Å². The van der Waals surface area contributed by atoms with Crippen LogP contribution in [0.4, 0.5) is 11.4 Å². The van der Waals surface area contributed by atoms with Crippen molar-refractivity contribution in [2.45, 2.75) is 33.0 Å². The third-order valence-electron chi connectivity index (χ3n) is 3.28. The van der Waals surface area contributed by atoms with Gasteiger partial charge in [-0.05, 0) is 36.6 Å². The lowest BCUT2D eigenvalue weighted by molar-refractivity contribution is -0.139. The third-order valence-corrected chi connectivity index (χ3v) is 3.28. The van der Waals surface area contributed by atoms with Gasteiger partial charge in [0.1, 0.15) is 0 Å². The number of anilines is 2. The molecule has 1 aromatic carbocycles. The molecule has 0 radical (unpaired) electrons. The normalized spacial score (nSPS) is 12.6. The highest BCUT2D eigenvalue weighted by Crippen LogP contribution is 2.26. The molecule has 1 atom stereocenters. The number of nitrogens with two attached hydrogens (primary N) is 1. The molecule has 0 spiro atoms. The number of aliphatic hydroxyl groups excluding tert-OH is 1. The fraction of sp³-hybridized carbons (Fsp3) is 0.647. The first-order valence-corrected chi connectivity index (χ1v) is 8.13. The van der Waals surface area contributed by atoms with Crippen LogP contribution in [0.2, 0.25) is 0 Å². The first-order valence-electron chi connectivity index (χ1n) is 8.13. The minimum atomic E-state index is -0.352. The van der Waals surface area contributed by atoms with Crippen molar-refractivity contribution in [3.8, 4) is 0 Å². The lowest BCUT2D eigenvalue weighted by atomic mass is 10.0. The van der Waals surface area contributed by atoms with Crippen LogP contribution in [0.25, 0.3) is 0 Å². The summed E-state index contributed by atoms with van der Waals surface area (Å²) in [6.07, 6.45) is -0.352. The Morgan fingerprint density at radius 1 is 1.17 bits per heavy atom. The molecule has 0 heterocycles. The van der Waals surface area contributed by atoms with Crippen LogP contribution >= 0.6 is 0 Å². The number of nitrogen functional groups attached to an aromatic ring is 1. The van der Waals surface area contributed by atoms with Gasteiger partial charge in [0.05, 0.1) is 33.0 Å². The molecule has 0 saturated heterocycles. The van der Waals surface area contributed by atoms with Crippen molar-refractivity contribution < 1.29 is 19.3 Å². The zero-order valence-corrected chi connectivity index (χ0v) is 14.4. The Labute approximate surface area is 138 Å². The van der Waals surface area contributed by atoms with Crippen molar-refractivity contribution in [2.75, 3.05) is 50.6 Å². The second kappa shape index (κ2) is 11.2. The van der Waals surface area contributed by atoms with Gasteiger partial charge in [-0.3, -0.25) is 0 Å². The second-order valence-electron chi connectivity index (χ2n) is 5.47. The smallest absolute Gasteiger partial charge is 0.174 e. The Balaban J connectivity index is 2.51. The summed E-state index contributed by atoms with van der Waals surface area (Å²) in [4.78, 5) is 0. The molecule has 4 N–H and O–H groups in total. The quantitative estimate of drug-likeness (QED) is 0.310. The minimum absolute atomic E-state index is 0.0194. The van der Waals surface area contributed by atoms with Crippen molar-refractivity contribution in [1.29, 1.82) is 0 Å². The molecule has 1 rings (SSSR count). The largest absolute Gasteiger partial charge is 0.399 e. The fourth-order valence-corrected chi connectivity index (χ4v) is 2.17.